The molecule has 0 aliphatic carbocycles. The number of nitrogens with zero attached hydrogens (tertiary/aromatic N) is 4. The first-order valence-electron chi connectivity index (χ1n) is 7.03. The minimum absolute atomic E-state index is 0.0903. The van der Waals surface area contributed by atoms with E-state index in [1.54, 1.807) is 4.90 Å². The molecular formula is C13H17N5O4S. The van der Waals surface area contributed by atoms with Crippen LogP contribution in [0.15, 0.2) is 21.8 Å². The van der Waals surface area contributed by atoms with Gasteiger partial charge < -0.3 is 9.32 Å². The summed E-state index contributed by atoms with van der Waals surface area (Å²) in [7, 11) is -2.41. The van der Waals surface area contributed by atoms with Gasteiger partial charge in [0.25, 0.3) is 15.9 Å². The number of rotatable bonds is 4. The van der Waals surface area contributed by atoms with E-state index in [1.165, 1.54) is 13.1 Å². The molecule has 0 spiro atoms. The van der Waals surface area contributed by atoms with Gasteiger partial charge in [-0.1, -0.05) is 0 Å². The number of likely N-dealkylation sites (tertiary alicyclic amines) is 1. The summed E-state index contributed by atoms with van der Waals surface area (Å²) < 4.78 is 32.2. The molecule has 0 radical (unpaired) electrons. The predicted octanol–water partition coefficient (Wildman–Crippen LogP) is 0.0931. The molecule has 0 unspecified atom stereocenters. The maximum atomic E-state index is 12.3. The molecule has 1 amide bonds. The van der Waals surface area contributed by atoms with Crippen LogP contribution in [0.3, 0.4) is 0 Å². The molecule has 2 aromatic rings. The normalized spacial score (nSPS) is 15.7. The van der Waals surface area contributed by atoms with Crippen molar-refractivity contribution in [3.05, 3.63) is 29.5 Å². The summed E-state index contributed by atoms with van der Waals surface area (Å²) in [4.78, 5) is 18.2. The van der Waals surface area contributed by atoms with Crippen molar-refractivity contribution in [2.24, 2.45) is 0 Å². The summed E-state index contributed by atoms with van der Waals surface area (Å²) in [6.45, 7) is 4.69. The van der Waals surface area contributed by atoms with Crippen molar-refractivity contribution in [1.82, 2.24) is 24.4 Å². The molecule has 0 atom stereocenters. The molecule has 23 heavy (non-hydrogen) atoms. The summed E-state index contributed by atoms with van der Waals surface area (Å²) in [5.41, 5.74) is 0.212. The maximum absolute atomic E-state index is 12.3. The van der Waals surface area contributed by atoms with Crippen LogP contribution >= 0.6 is 0 Å². The van der Waals surface area contributed by atoms with Crippen LogP contribution in [0.2, 0.25) is 0 Å². The Morgan fingerprint density at radius 3 is 2.65 bits per heavy atom. The zero-order valence-electron chi connectivity index (χ0n) is 13.0. The average Bonchev–Trinajstić information content (AvgIpc) is 3.05. The molecule has 10 heteroatoms. The van der Waals surface area contributed by atoms with Crippen LogP contribution in [-0.2, 0) is 10.0 Å². The fourth-order valence-electron chi connectivity index (χ4n) is 2.51. The van der Waals surface area contributed by atoms with E-state index < -0.39 is 10.0 Å². The highest BCUT2D eigenvalue weighted by atomic mass is 32.2. The Hall–Kier alpha value is -2.20. The highest BCUT2D eigenvalue weighted by Gasteiger charge is 2.35. The Bertz CT molecular complexity index is 848. The molecule has 1 aliphatic rings. The highest BCUT2D eigenvalue weighted by Crippen LogP contribution is 2.25. The van der Waals surface area contributed by atoms with E-state index in [1.807, 2.05) is 18.5 Å². The minimum Gasteiger partial charge on any atom is -0.451 e. The van der Waals surface area contributed by atoms with Crippen molar-refractivity contribution < 1.29 is 17.6 Å². The molecule has 9 nitrogen and oxygen atoms in total. The number of sulfonamides is 1. The third kappa shape index (κ3) is 2.75. The van der Waals surface area contributed by atoms with E-state index in [4.69, 9.17) is 4.42 Å². The van der Waals surface area contributed by atoms with Crippen LogP contribution < -0.4 is 4.72 Å². The van der Waals surface area contributed by atoms with E-state index in [0.29, 0.717) is 18.9 Å². The summed E-state index contributed by atoms with van der Waals surface area (Å²) in [5.74, 6) is 1.24. The Morgan fingerprint density at radius 1 is 1.39 bits per heavy atom. The van der Waals surface area contributed by atoms with Gasteiger partial charge in [-0.25, -0.2) is 22.8 Å². The van der Waals surface area contributed by atoms with E-state index in [2.05, 4.69) is 14.8 Å². The van der Waals surface area contributed by atoms with Gasteiger partial charge in [0.2, 0.25) is 5.09 Å². The molecule has 3 heterocycles. The third-order valence-corrected chi connectivity index (χ3v) is 5.04. The Morgan fingerprint density at radius 2 is 2.09 bits per heavy atom. The Balaban J connectivity index is 1.69. The Kier molecular flexibility index (Phi) is 3.72. The molecule has 0 saturated carbocycles. The lowest BCUT2D eigenvalue weighted by Crippen LogP contribution is -2.51. The van der Waals surface area contributed by atoms with Gasteiger partial charge in [-0.2, -0.15) is 5.10 Å². The smallest absolute Gasteiger partial charge is 0.273 e. The first kappa shape index (κ1) is 15.7. The number of aryl methyl sites for hydroxylation is 2. The van der Waals surface area contributed by atoms with Crippen molar-refractivity contribution in [2.45, 2.75) is 25.0 Å². The second kappa shape index (κ2) is 5.46. The molecule has 124 valence electrons. The minimum atomic E-state index is -3.69. The molecule has 1 aliphatic heterocycles. The van der Waals surface area contributed by atoms with Gasteiger partial charge in [0.1, 0.15) is 17.9 Å². The van der Waals surface area contributed by atoms with Gasteiger partial charge in [0, 0.05) is 19.2 Å². The number of furan rings is 1. The zero-order valence-corrected chi connectivity index (χ0v) is 13.8. The topological polar surface area (TPSA) is 110 Å². The number of nitrogens with one attached hydrogen (secondary N) is 1. The molecular weight excluding hydrogens is 322 g/mol. The average molecular weight is 339 g/mol. The van der Waals surface area contributed by atoms with Crippen molar-refractivity contribution in [3.63, 3.8) is 0 Å². The van der Waals surface area contributed by atoms with Gasteiger partial charge in [-0.15, -0.1) is 0 Å². The fraction of sp³-hybridized carbons (Fsp3) is 0.462. The molecule has 1 saturated heterocycles. The summed E-state index contributed by atoms with van der Waals surface area (Å²) in [5, 5.41) is 4.03. The van der Waals surface area contributed by atoms with Crippen LogP contribution in [0.4, 0.5) is 0 Å². The van der Waals surface area contributed by atoms with Gasteiger partial charge in [-0.3, -0.25) is 4.79 Å². The van der Waals surface area contributed by atoms with Crippen LogP contribution in [0.5, 0.6) is 0 Å². The van der Waals surface area contributed by atoms with Crippen molar-refractivity contribution in [1.29, 1.82) is 0 Å². The van der Waals surface area contributed by atoms with Crippen LogP contribution in [0, 0.1) is 13.8 Å². The fourth-order valence-corrected chi connectivity index (χ4v) is 3.17. The largest absolute Gasteiger partial charge is 0.451 e. The van der Waals surface area contributed by atoms with Gasteiger partial charge in [0.15, 0.2) is 0 Å². The van der Waals surface area contributed by atoms with Crippen molar-refractivity contribution >= 4 is 15.9 Å². The van der Waals surface area contributed by atoms with Crippen LogP contribution in [0.1, 0.15) is 28.0 Å². The highest BCUT2D eigenvalue weighted by molar-refractivity contribution is 7.89. The quantitative estimate of drug-likeness (QED) is 0.845. The molecule has 0 aromatic carbocycles. The van der Waals surface area contributed by atoms with Crippen LogP contribution in [-0.4, -0.2) is 54.1 Å². The first-order chi connectivity index (χ1) is 10.8. The van der Waals surface area contributed by atoms with Gasteiger partial charge in [0.05, 0.1) is 11.6 Å². The van der Waals surface area contributed by atoms with Crippen LogP contribution in [0.25, 0.3) is 0 Å². The number of hydrogen-bond acceptors (Lipinski definition) is 6. The van der Waals surface area contributed by atoms with Crippen molar-refractivity contribution in [3.8, 4) is 0 Å². The number of carbonyl (C=O) groups is 1. The van der Waals surface area contributed by atoms with Gasteiger partial charge in [-0.05, 0) is 20.9 Å². The maximum Gasteiger partial charge on any atom is 0.273 e. The number of aromatic nitrogens is 3. The standard InChI is InChI=1S/C13H17N5O4S/c1-8-15-9(2)18(16-8)11-5-17(6-11)13(19)10-4-12(22-7-10)23(20,21)14-3/h4,7,11,14H,5-6H2,1-3H3. The second-order valence-corrected chi connectivity index (χ2v) is 7.19. The van der Waals surface area contributed by atoms with E-state index in [0.717, 1.165) is 12.1 Å². The number of amides is 1. The molecule has 3 rings (SSSR count). The molecule has 0 bridgehead atoms. The monoisotopic (exact) mass is 339 g/mol. The summed E-state index contributed by atoms with van der Waals surface area (Å²) in [6.07, 6.45) is 1.16. The van der Waals surface area contributed by atoms with Crippen molar-refractivity contribution in [2.75, 3.05) is 20.1 Å². The lowest BCUT2D eigenvalue weighted by molar-refractivity contribution is 0.0496. The summed E-state index contributed by atoms with van der Waals surface area (Å²) in [6, 6.07) is 1.32. The molecule has 1 N–H and O–H groups in total. The van der Waals surface area contributed by atoms with E-state index in [-0.39, 0.29) is 22.6 Å². The molecule has 1 fully saturated rings. The number of carbonyl (C=O) groups excluding carboxylic acids is 1. The lowest BCUT2D eigenvalue weighted by atomic mass is 10.1. The zero-order chi connectivity index (χ0) is 16.8. The Labute approximate surface area is 133 Å². The molecule has 2 aromatic heterocycles. The first-order valence-corrected chi connectivity index (χ1v) is 8.51. The predicted molar refractivity (Wildman–Crippen MR) is 79.4 cm³/mol. The van der Waals surface area contributed by atoms with Gasteiger partial charge >= 0.3 is 0 Å². The van der Waals surface area contributed by atoms with E-state index >= 15 is 0 Å². The third-order valence-electron chi connectivity index (χ3n) is 3.76. The lowest BCUT2D eigenvalue weighted by Gasteiger charge is -2.39. The second-order valence-electron chi connectivity index (χ2n) is 5.38. The number of hydrogen-bond donors (Lipinski definition) is 1. The summed E-state index contributed by atoms with van der Waals surface area (Å²) >= 11 is 0. The van der Waals surface area contributed by atoms with E-state index in [9.17, 15) is 13.2 Å². The SMILES string of the molecule is CNS(=O)(=O)c1cc(C(=O)N2CC(n3nc(C)nc3C)C2)co1.